The molecule has 0 fully saturated rings. The zero-order valence-electron chi connectivity index (χ0n) is 31.5. The zero-order valence-corrected chi connectivity index (χ0v) is 32.3. The molecule has 0 saturated heterocycles. The van der Waals surface area contributed by atoms with Crippen molar-refractivity contribution in [3.05, 3.63) is 205 Å². The second kappa shape index (κ2) is 12.8. The van der Waals surface area contributed by atoms with Crippen LogP contribution in [-0.2, 0) is 12.0 Å². The fourth-order valence-electron chi connectivity index (χ4n) is 9.32. The Labute approximate surface area is 331 Å². The lowest BCUT2D eigenvalue weighted by Crippen LogP contribution is -2.19. The lowest BCUT2D eigenvalue weighted by Gasteiger charge is -2.30. The number of benzene rings is 9. The summed E-state index contributed by atoms with van der Waals surface area (Å²) in [6, 6.07) is 69.8. The van der Waals surface area contributed by atoms with Crippen LogP contribution in [0, 0.1) is 0 Å². The third-order valence-electron chi connectivity index (χ3n) is 12.2. The maximum absolute atomic E-state index is 2.55. The van der Waals surface area contributed by atoms with Crippen LogP contribution in [0.3, 0.4) is 0 Å². The fraction of sp³-hybridized carbons (Fsp3) is 0.0741. The molecular weight excluding hydrogens is 695 g/mol. The molecule has 0 amide bonds. The smallest absolute Gasteiger partial charge is 0.0496 e. The molecule has 0 unspecified atom stereocenters. The monoisotopic (exact) mass is 733 g/mol. The summed E-state index contributed by atoms with van der Waals surface area (Å²) in [6.07, 6.45) is 0. The van der Waals surface area contributed by atoms with Gasteiger partial charge in [0.25, 0.3) is 0 Å². The summed E-state index contributed by atoms with van der Waals surface area (Å²) < 4.78 is 2.70. The van der Waals surface area contributed by atoms with E-state index in [2.05, 4.69) is 207 Å². The average molecular weight is 734 g/mol. The van der Waals surface area contributed by atoms with Gasteiger partial charge in [-0.3, -0.25) is 0 Å². The minimum absolute atomic E-state index is 0.0886. The van der Waals surface area contributed by atoms with E-state index >= 15 is 0 Å². The predicted octanol–water partition coefficient (Wildman–Crippen LogP) is 15.3. The van der Waals surface area contributed by atoms with Crippen LogP contribution in [0.1, 0.15) is 30.5 Å². The molecule has 0 aliphatic heterocycles. The first-order valence-corrected chi connectivity index (χ1v) is 20.4. The molecule has 1 nitrogen and oxygen atoms in total. The zero-order chi connectivity index (χ0) is 37.4. The van der Waals surface area contributed by atoms with Crippen molar-refractivity contribution in [2.45, 2.75) is 25.8 Å². The van der Waals surface area contributed by atoms with E-state index < -0.39 is 0 Å². The Hall–Kier alpha value is -6.48. The Kier molecular flexibility index (Phi) is 7.52. The number of nitrogens with zero attached hydrogens (tertiary/aromatic N) is 1. The van der Waals surface area contributed by atoms with Crippen molar-refractivity contribution in [2.24, 2.45) is 0 Å². The summed E-state index contributed by atoms with van der Waals surface area (Å²) in [7, 11) is 0. The van der Waals surface area contributed by atoms with Crippen molar-refractivity contribution in [1.29, 1.82) is 0 Å². The largest absolute Gasteiger partial charge is 0.336 e. The van der Waals surface area contributed by atoms with Crippen LogP contribution in [0.25, 0.3) is 75.1 Å². The first kappa shape index (κ1) is 32.9. The Morgan fingerprint density at radius 1 is 0.446 bits per heavy atom. The van der Waals surface area contributed by atoms with Crippen LogP contribution < -0.4 is 4.90 Å². The van der Waals surface area contributed by atoms with Gasteiger partial charge < -0.3 is 4.90 Å². The molecule has 2 heteroatoms. The van der Waals surface area contributed by atoms with Gasteiger partial charge in [0.15, 0.2) is 0 Å². The molecule has 0 spiro atoms. The number of hydrogen-bond acceptors (Lipinski definition) is 2. The molecule has 266 valence electrons. The molecule has 1 aliphatic carbocycles. The lowest BCUT2D eigenvalue weighted by molar-refractivity contribution is 0.660. The van der Waals surface area contributed by atoms with Crippen LogP contribution in [0.2, 0.25) is 0 Å². The van der Waals surface area contributed by atoms with Crippen molar-refractivity contribution in [3.8, 4) is 33.4 Å². The van der Waals surface area contributed by atoms with Gasteiger partial charge in [0.2, 0.25) is 0 Å². The van der Waals surface area contributed by atoms with Gasteiger partial charge in [0.1, 0.15) is 0 Å². The fourth-order valence-corrected chi connectivity index (χ4v) is 10.7. The molecule has 0 bridgehead atoms. The Morgan fingerprint density at radius 3 is 1.95 bits per heavy atom. The van der Waals surface area contributed by atoms with Crippen molar-refractivity contribution in [2.75, 3.05) is 4.90 Å². The highest BCUT2D eigenvalue weighted by atomic mass is 32.1. The first-order chi connectivity index (χ1) is 27.5. The molecule has 9 aromatic carbocycles. The molecule has 0 N–H and O–H groups in total. The standard InChI is InChI=1S/C54H39NS/c1-54(2)48-22-10-9-19-47(48)51-49(54)23-12-24-50(51)55(34-40-16-6-7-17-42(40)39-26-25-35-13-3-4-15-38(35)33-39)41-30-27-37(28-31-41)44-20-11-21-45-46-32-29-36-14-5-8-18-43(36)53(46)56-52(44)45/h3-33H,34H2,1-2H3. The molecule has 0 radical (unpaired) electrons. The van der Waals surface area contributed by atoms with E-state index in [-0.39, 0.29) is 5.41 Å². The van der Waals surface area contributed by atoms with E-state index in [0.29, 0.717) is 0 Å². The SMILES string of the molecule is CC1(C)c2ccccc2-c2c(N(Cc3ccccc3-c3ccc4ccccc4c3)c3ccc(-c4cccc5c4sc4c6ccccc6ccc54)cc3)cccc21. The molecule has 0 saturated carbocycles. The van der Waals surface area contributed by atoms with E-state index in [0.717, 1.165) is 6.54 Å². The van der Waals surface area contributed by atoms with Crippen LogP contribution in [0.15, 0.2) is 188 Å². The first-order valence-electron chi connectivity index (χ1n) is 19.5. The van der Waals surface area contributed by atoms with Gasteiger partial charge in [-0.05, 0) is 90.3 Å². The lowest BCUT2D eigenvalue weighted by atomic mass is 9.82. The van der Waals surface area contributed by atoms with Gasteiger partial charge in [-0.15, -0.1) is 11.3 Å². The van der Waals surface area contributed by atoms with E-state index in [4.69, 9.17) is 0 Å². The molecule has 11 rings (SSSR count). The van der Waals surface area contributed by atoms with Gasteiger partial charge in [0.05, 0.1) is 0 Å². The maximum Gasteiger partial charge on any atom is 0.0496 e. The highest BCUT2D eigenvalue weighted by Gasteiger charge is 2.37. The highest BCUT2D eigenvalue weighted by Crippen LogP contribution is 2.53. The van der Waals surface area contributed by atoms with E-state index in [1.54, 1.807) is 0 Å². The van der Waals surface area contributed by atoms with Gasteiger partial charge in [-0.1, -0.05) is 178 Å². The normalized spacial score (nSPS) is 13.0. The summed E-state index contributed by atoms with van der Waals surface area (Å²) in [5.41, 5.74) is 14.1. The van der Waals surface area contributed by atoms with E-state index in [1.807, 2.05) is 11.3 Å². The van der Waals surface area contributed by atoms with Crippen molar-refractivity contribution in [3.63, 3.8) is 0 Å². The average Bonchev–Trinajstić information content (AvgIpc) is 3.75. The molecule has 1 aliphatic rings. The van der Waals surface area contributed by atoms with Crippen molar-refractivity contribution >= 4 is 64.4 Å². The van der Waals surface area contributed by atoms with Gasteiger partial charge in [-0.2, -0.15) is 0 Å². The predicted molar refractivity (Wildman–Crippen MR) is 242 cm³/mol. The van der Waals surface area contributed by atoms with Crippen molar-refractivity contribution in [1.82, 2.24) is 0 Å². The molecule has 1 heterocycles. The number of rotatable bonds is 6. The van der Waals surface area contributed by atoms with Crippen LogP contribution in [0.5, 0.6) is 0 Å². The number of thiophene rings is 1. The minimum atomic E-state index is -0.0886. The maximum atomic E-state index is 2.55. The highest BCUT2D eigenvalue weighted by molar-refractivity contribution is 7.27. The number of anilines is 2. The molecule has 10 aromatic rings. The summed E-state index contributed by atoms with van der Waals surface area (Å²) in [5, 5.41) is 7.79. The summed E-state index contributed by atoms with van der Waals surface area (Å²) in [5.74, 6) is 0. The molecule has 56 heavy (non-hydrogen) atoms. The second-order valence-corrected chi connectivity index (χ2v) is 16.7. The van der Waals surface area contributed by atoms with Gasteiger partial charge in [0, 0.05) is 49.1 Å². The minimum Gasteiger partial charge on any atom is -0.336 e. The summed E-state index contributed by atoms with van der Waals surface area (Å²) >= 11 is 1.92. The van der Waals surface area contributed by atoms with Gasteiger partial charge in [-0.25, -0.2) is 0 Å². The Balaban J connectivity index is 1.06. The Morgan fingerprint density at radius 2 is 1.07 bits per heavy atom. The van der Waals surface area contributed by atoms with Crippen LogP contribution in [-0.4, -0.2) is 0 Å². The van der Waals surface area contributed by atoms with E-state index in [9.17, 15) is 0 Å². The summed E-state index contributed by atoms with van der Waals surface area (Å²) in [4.78, 5) is 2.55. The molecule has 1 aromatic heterocycles. The summed E-state index contributed by atoms with van der Waals surface area (Å²) in [6.45, 7) is 5.46. The number of hydrogen-bond donors (Lipinski definition) is 0. The number of fused-ring (bicyclic) bond motifs is 9. The molecular formula is C54H39NS. The van der Waals surface area contributed by atoms with Crippen LogP contribution in [0.4, 0.5) is 11.4 Å². The van der Waals surface area contributed by atoms with Crippen LogP contribution >= 0.6 is 11.3 Å². The quantitative estimate of drug-likeness (QED) is 0.164. The second-order valence-electron chi connectivity index (χ2n) is 15.7. The topological polar surface area (TPSA) is 3.24 Å². The van der Waals surface area contributed by atoms with Gasteiger partial charge >= 0.3 is 0 Å². The third-order valence-corrected chi connectivity index (χ3v) is 13.4. The third kappa shape index (κ3) is 5.13. The Bertz CT molecular complexity index is 3150. The molecule has 0 atom stereocenters. The van der Waals surface area contributed by atoms with Crippen molar-refractivity contribution < 1.29 is 0 Å². The van der Waals surface area contributed by atoms with E-state index in [1.165, 1.54) is 103 Å².